The molecule has 8 heteroatoms. The van der Waals surface area contributed by atoms with Crippen molar-refractivity contribution in [3.8, 4) is 0 Å². The van der Waals surface area contributed by atoms with Gasteiger partial charge in [0.05, 0.1) is 0 Å². The van der Waals surface area contributed by atoms with Gasteiger partial charge in [0, 0.05) is 50.9 Å². The van der Waals surface area contributed by atoms with Crippen LogP contribution in [0.5, 0.6) is 0 Å². The lowest BCUT2D eigenvalue weighted by molar-refractivity contribution is -0.192. The number of ketones is 2. The predicted octanol–water partition coefficient (Wildman–Crippen LogP) is 2.21. The minimum Gasteiger partial charge on any atom is -0.370 e. The van der Waals surface area contributed by atoms with E-state index in [2.05, 4.69) is 0 Å². The molecule has 1 rings (SSSR count). The largest absolute Gasteiger partial charge is 0.370 e. The lowest BCUT2D eigenvalue weighted by Gasteiger charge is -2.48. The van der Waals surface area contributed by atoms with E-state index in [1.165, 1.54) is 20.3 Å². The third kappa shape index (κ3) is 4.14. The zero-order chi connectivity index (χ0) is 20.1. The summed E-state index contributed by atoms with van der Waals surface area (Å²) in [7, 11) is 2.71. The first kappa shape index (κ1) is 23.1. The third-order valence-electron chi connectivity index (χ3n) is 4.93. The Hall–Kier alpha value is -0.950. The van der Waals surface area contributed by atoms with E-state index < -0.39 is 17.1 Å². The Morgan fingerprint density at radius 1 is 1.23 bits per heavy atom. The van der Waals surface area contributed by atoms with Gasteiger partial charge in [0.2, 0.25) is 5.91 Å². The number of methoxy groups -OCH3 is 2. The van der Waals surface area contributed by atoms with E-state index in [-0.39, 0.29) is 35.7 Å². The molecule has 1 aliphatic carbocycles. The summed E-state index contributed by atoms with van der Waals surface area (Å²) in [6, 6.07) is 0. The summed E-state index contributed by atoms with van der Waals surface area (Å²) in [5, 5.41) is 0. The second-order valence-electron chi connectivity index (χ2n) is 6.93. The first-order valence-electron chi connectivity index (χ1n) is 8.37. The molecule has 0 saturated carbocycles. The SMILES string of the molecule is COC1C(=O)C(C)=CC(=O)C1(OC)C(C)(C)CC(=O)N(CCCl)CCCl. The number of rotatable bonds is 9. The molecule has 0 fully saturated rings. The number of ether oxygens (including phenoxy) is 2. The number of nitrogens with zero attached hydrogens (tertiary/aromatic N) is 1. The van der Waals surface area contributed by atoms with Gasteiger partial charge in [0.15, 0.2) is 23.3 Å². The summed E-state index contributed by atoms with van der Waals surface area (Å²) in [6.07, 6.45) is 0.116. The highest BCUT2D eigenvalue weighted by Gasteiger charge is 2.61. The monoisotopic (exact) mass is 407 g/mol. The Morgan fingerprint density at radius 3 is 2.19 bits per heavy atom. The zero-order valence-electron chi connectivity index (χ0n) is 15.9. The van der Waals surface area contributed by atoms with E-state index in [1.807, 2.05) is 0 Å². The predicted molar refractivity (Wildman–Crippen MR) is 101 cm³/mol. The van der Waals surface area contributed by atoms with Gasteiger partial charge in [-0.2, -0.15) is 0 Å². The number of hydrogen-bond donors (Lipinski definition) is 0. The van der Waals surface area contributed by atoms with Crippen LogP contribution >= 0.6 is 23.2 Å². The van der Waals surface area contributed by atoms with E-state index in [4.69, 9.17) is 32.7 Å². The number of Topliss-reactive ketones (excluding diaryl/α,β-unsaturated/α-hetero) is 1. The topological polar surface area (TPSA) is 72.9 Å². The Balaban J connectivity index is 3.29. The molecule has 2 unspecified atom stereocenters. The van der Waals surface area contributed by atoms with Gasteiger partial charge in [-0.05, 0) is 18.6 Å². The average Bonchev–Trinajstić information content (AvgIpc) is 2.56. The van der Waals surface area contributed by atoms with Crippen LogP contribution in [0.1, 0.15) is 27.2 Å². The molecule has 0 heterocycles. The molecule has 0 radical (unpaired) electrons. The van der Waals surface area contributed by atoms with Crippen molar-refractivity contribution in [1.82, 2.24) is 4.90 Å². The smallest absolute Gasteiger partial charge is 0.223 e. The van der Waals surface area contributed by atoms with Crippen molar-refractivity contribution in [2.75, 3.05) is 39.1 Å². The number of carbonyl (C=O) groups is 3. The summed E-state index contributed by atoms with van der Waals surface area (Å²) >= 11 is 11.5. The van der Waals surface area contributed by atoms with Crippen LogP contribution in [0.4, 0.5) is 0 Å². The second kappa shape index (κ2) is 9.31. The maximum Gasteiger partial charge on any atom is 0.223 e. The molecular weight excluding hydrogens is 381 g/mol. The molecular formula is C18H27Cl2NO5. The van der Waals surface area contributed by atoms with Crippen molar-refractivity contribution in [1.29, 1.82) is 0 Å². The Bertz CT molecular complexity index is 584. The van der Waals surface area contributed by atoms with Gasteiger partial charge >= 0.3 is 0 Å². The van der Waals surface area contributed by atoms with Crippen LogP contribution in [0.25, 0.3) is 0 Å². The summed E-state index contributed by atoms with van der Waals surface area (Å²) in [5.41, 5.74) is -2.30. The Morgan fingerprint density at radius 2 is 1.77 bits per heavy atom. The minimum absolute atomic E-state index is 0.0274. The number of amides is 1. The summed E-state index contributed by atoms with van der Waals surface area (Å²) in [6.45, 7) is 5.71. The van der Waals surface area contributed by atoms with Crippen molar-refractivity contribution in [3.05, 3.63) is 11.6 Å². The second-order valence-corrected chi connectivity index (χ2v) is 7.69. The summed E-state index contributed by atoms with van der Waals surface area (Å²) in [4.78, 5) is 39.8. The average molecular weight is 408 g/mol. The van der Waals surface area contributed by atoms with E-state index in [0.717, 1.165) is 0 Å². The number of hydrogen-bond acceptors (Lipinski definition) is 5. The van der Waals surface area contributed by atoms with Gasteiger partial charge in [-0.25, -0.2) is 0 Å². The lowest BCUT2D eigenvalue weighted by Crippen LogP contribution is -2.66. The van der Waals surface area contributed by atoms with Crippen molar-refractivity contribution >= 4 is 40.7 Å². The van der Waals surface area contributed by atoms with Gasteiger partial charge < -0.3 is 14.4 Å². The molecule has 0 aromatic rings. The molecule has 0 aromatic heterocycles. The first-order valence-corrected chi connectivity index (χ1v) is 9.44. The van der Waals surface area contributed by atoms with E-state index in [1.54, 1.807) is 25.7 Å². The Kier molecular flexibility index (Phi) is 8.27. The fraction of sp³-hybridized carbons (Fsp3) is 0.722. The third-order valence-corrected chi connectivity index (χ3v) is 5.27. The highest BCUT2D eigenvalue weighted by Crippen LogP contribution is 2.45. The molecule has 1 aliphatic rings. The molecule has 6 nitrogen and oxygen atoms in total. The molecule has 0 N–H and O–H groups in total. The van der Waals surface area contributed by atoms with Crippen LogP contribution in [0.15, 0.2) is 11.6 Å². The number of halogens is 2. The van der Waals surface area contributed by atoms with Crippen molar-refractivity contribution in [2.45, 2.75) is 38.9 Å². The van der Waals surface area contributed by atoms with Crippen LogP contribution in [0, 0.1) is 5.41 Å². The van der Waals surface area contributed by atoms with Gasteiger partial charge in [0.1, 0.15) is 0 Å². The quantitative estimate of drug-likeness (QED) is 0.547. The molecule has 0 saturated heterocycles. The van der Waals surface area contributed by atoms with E-state index in [0.29, 0.717) is 18.7 Å². The summed E-state index contributed by atoms with van der Waals surface area (Å²) < 4.78 is 11.0. The number of alkyl halides is 2. The van der Waals surface area contributed by atoms with Crippen molar-refractivity contribution in [3.63, 3.8) is 0 Å². The van der Waals surface area contributed by atoms with Gasteiger partial charge in [-0.1, -0.05) is 13.8 Å². The van der Waals surface area contributed by atoms with Crippen molar-refractivity contribution < 1.29 is 23.9 Å². The maximum atomic E-state index is 12.9. The van der Waals surface area contributed by atoms with Crippen LogP contribution in [-0.2, 0) is 23.9 Å². The zero-order valence-corrected chi connectivity index (χ0v) is 17.4. The highest BCUT2D eigenvalue weighted by atomic mass is 35.5. The van der Waals surface area contributed by atoms with E-state index >= 15 is 0 Å². The first-order chi connectivity index (χ1) is 12.1. The van der Waals surface area contributed by atoms with Crippen molar-refractivity contribution in [2.24, 2.45) is 5.41 Å². The normalized spacial score (nSPS) is 23.8. The molecule has 0 bridgehead atoms. The van der Waals surface area contributed by atoms with E-state index in [9.17, 15) is 14.4 Å². The molecule has 1 amide bonds. The number of carbonyl (C=O) groups excluding carboxylic acids is 3. The fourth-order valence-electron chi connectivity index (χ4n) is 3.53. The molecule has 0 spiro atoms. The maximum absolute atomic E-state index is 12.9. The molecule has 26 heavy (non-hydrogen) atoms. The molecule has 148 valence electrons. The molecule has 0 aliphatic heterocycles. The van der Waals surface area contributed by atoms with Crippen LogP contribution in [0.3, 0.4) is 0 Å². The molecule has 0 aromatic carbocycles. The van der Waals surface area contributed by atoms with Gasteiger partial charge in [0.25, 0.3) is 0 Å². The highest BCUT2D eigenvalue weighted by molar-refractivity contribution is 6.18. The Labute approximate surface area is 164 Å². The standard InChI is InChI=1S/C18H27Cl2NO5/c1-12-10-13(22)18(26-5,16(25-4)15(12)24)17(2,3)11-14(23)21(8-6-19)9-7-20/h10,16H,6-9,11H2,1-5H3. The molecule has 2 atom stereocenters. The minimum atomic E-state index is -1.60. The van der Waals surface area contributed by atoms with Crippen LogP contribution in [0.2, 0.25) is 0 Å². The van der Waals surface area contributed by atoms with Crippen LogP contribution in [-0.4, -0.2) is 73.1 Å². The van der Waals surface area contributed by atoms with Gasteiger partial charge in [-0.15, -0.1) is 23.2 Å². The van der Waals surface area contributed by atoms with Crippen LogP contribution < -0.4 is 0 Å². The summed E-state index contributed by atoms with van der Waals surface area (Å²) in [5.74, 6) is -0.373. The van der Waals surface area contributed by atoms with Gasteiger partial charge in [-0.3, -0.25) is 14.4 Å². The fourth-order valence-corrected chi connectivity index (χ4v) is 3.94. The lowest BCUT2D eigenvalue weighted by atomic mass is 9.63.